The smallest absolute Gasteiger partial charge is 0.338 e. The summed E-state index contributed by atoms with van der Waals surface area (Å²) in [6, 6.07) is 13.2. The lowest BCUT2D eigenvalue weighted by Gasteiger charge is -2.08. The minimum absolute atomic E-state index is 0.0166. The van der Waals surface area contributed by atoms with E-state index in [0.717, 1.165) is 0 Å². The molecule has 0 saturated heterocycles. The molecule has 0 spiro atoms. The van der Waals surface area contributed by atoms with Crippen LogP contribution in [0.15, 0.2) is 60.8 Å². The van der Waals surface area contributed by atoms with Gasteiger partial charge in [-0.15, -0.1) is 0 Å². The van der Waals surface area contributed by atoms with Crippen molar-refractivity contribution >= 4 is 29.0 Å². The second-order valence-electron chi connectivity index (χ2n) is 6.00. The predicted molar refractivity (Wildman–Crippen MR) is 105 cm³/mol. The van der Waals surface area contributed by atoms with E-state index in [1.807, 2.05) is 0 Å². The molecule has 0 bridgehead atoms. The van der Waals surface area contributed by atoms with Crippen molar-refractivity contribution in [3.8, 4) is 11.5 Å². The highest BCUT2D eigenvalue weighted by molar-refractivity contribution is 6.30. The molecule has 0 amide bonds. The average Bonchev–Trinajstić information content (AvgIpc) is 3.13. The third kappa shape index (κ3) is 4.80. The molecule has 1 heterocycles. The average molecular weight is 415 g/mol. The maximum atomic E-state index is 12.1. The standard InChI is InChI=1S/C20H15ClN2O6/c1-22-10-2-3-16(22)18(24)12-28-20(25)13-4-7-15(8-5-13)29-19-9-6-14(21)11-17(19)23(26)27/h2-11H,12H2,1H3. The molecule has 0 aliphatic carbocycles. The topological polar surface area (TPSA) is 101 Å². The van der Waals surface area contributed by atoms with Crippen LogP contribution in [0, 0.1) is 10.1 Å². The summed E-state index contributed by atoms with van der Waals surface area (Å²) in [5.41, 5.74) is 0.369. The Morgan fingerprint density at radius 3 is 2.48 bits per heavy atom. The van der Waals surface area contributed by atoms with Crippen LogP contribution in [0.1, 0.15) is 20.8 Å². The fourth-order valence-electron chi connectivity index (χ4n) is 2.54. The molecule has 0 unspecified atom stereocenters. The zero-order valence-corrected chi connectivity index (χ0v) is 16.0. The molecular formula is C20H15ClN2O6. The van der Waals surface area contributed by atoms with E-state index in [1.54, 1.807) is 29.9 Å². The number of halogens is 1. The van der Waals surface area contributed by atoms with Gasteiger partial charge in [-0.3, -0.25) is 14.9 Å². The number of ketones is 1. The molecule has 0 saturated carbocycles. The zero-order valence-electron chi connectivity index (χ0n) is 15.2. The van der Waals surface area contributed by atoms with Gasteiger partial charge in [0.1, 0.15) is 5.75 Å². The maximum Gasteiger partial charge on any atom is 0.338 e. The Morgan fingerprint density at radius 2 is 1.86 bits per heavy atom. The van der Waals surface area contributed by atoms with Crippen LogP contribution >= 0.6 is 11.6 Å². The lowest BCUT2D eigenvalue weighted by atomic mass is 10.2. The van der Waals surface area contributed by atoms with Gasteiger partial charge in [-0.2, -0.15) is 0 Å². The number of carbonyl (C=O) groups is 2. The van der Waals surface area contributed by atoms with Gasteiger partial charge < -0.3 is 14.0 Å². The summed E-state index contributed by atoms with van der Waals surface area (Å²) in [4.78, 5) is 34.7. The van der Waals surface area contributed by atoms with Gasteiger partial charge in [0, 0.05) is 24.3 Å². The number of aryl methyl sites for hydroxylation is 1. The van der Waals surface area contributed by atoms with E-state index >= 15 is 0 Å². The van der Waals surface area contributed by atoms with Gasteiger partial charge in [0.15, 0.2) is 6.61 Å². The first-order valence-corrected chi connectivity index (χ1v) is 8.76. The molecule has 29 heavy (non-hydrogen) atoms. The number of nitro groups is 1. The Morgan fingerprint density at radius 1 is 1.14 bits per heavy atom. The monoisotopic (exact) mass is 414 g/mol. The molecule has 0 atom stereocenters. The van der Waals surface area contributed by atoms with Crippen LogP contribution in [0.5, 0.6) is 11.5 Å². The SMILES string of the molecule is Cn1cccc1C(=O)COC(=O)c1ccc(Oc2ccc(Cl)cc2[N+](=O)[O-])cc1. The summed E-state index contributed by atoms with van der Waals surface area (Å²) in [5.74, 6) is -0.688. The fraction of sp³-hybridized carbons (Fsp3) is 0.100. The van der Waals surface area contributed by atoms with Gasteiger partial charge in [0.05, 0.1) is 16.2 Å². The first-order valence-electron chi connectivity index (χ1n) is 8.38. The lowest BCUT2D eigenvalue weighted by molar-refractivity contribution is -0.385. The second-order valence-corrected chi connectivity index (χ2v) is 6.44. The van der Waals surface area contributed by atoms with Crippen molar-refractivity contribution in [2.75, 3.05) is 6.61 Å². The molecule has 2 aromatic carbocycles. The first-order chi connectivity index (χ1) is 13.8. The van der Waals surface area contributed by atoms with Crippen LogP contribution in [-0.2, 0) is 11.8 Å². The molecule has 3 rings (SSSR count). The number of rotatable bonds is 7. The van der Waals surface area contributed by atoms with E-state index in [2.05, 4.69) is 0 Å². The third-order valence-electron chi connectivity index (χ3n) is 4.00. The molecular weight excluding hydrogens is 400 g/mol. The van der Waals surface area contributed by atoms with Crippen molar-refractivity contribution in [2.45, 2.75) is 0 Å². The number of nitrogens with zero attached hydrogens (tertiary/aromatic N) is 2. The van der Waals surface area contributed by atoms with E-state index in [9.17, 15) is 19.7 Å². The minimum Gasteiger partial charge on any atom is -0.454 e. The van der Waals surface area contributed by atoms with Crippen LogP contribution in [-0.4, -0.2) is 27.8 Å². The third-order valence-corrected chi connectivity index (χ3v) is 4.23. The van der Waals surface area contributed by atoms with Crippen molar-refractivity contribution in [2.24, 2.45) is 7.05 Å². The number of carbonyl (C=O) groups excluding carboxylic acids is 2. The van der Waals surface area contributed by atoms with Crippen molar-refractivity contribution < 1.29 is 24.0 Å². The molecule has 1 aromatic heterocycles. The lowest BCUT2D eigenvalue weighted by Crippen LogP contribution is -2.16. The van der Waals surface area contributed by atoms with Gasteiger partial charge >= 0.3 is 11.7 Å². The summed E-state index contributed by atoms with van der Waals surface area (Å²) >= 11 is 5.78. The number of Topliss-reactive ketones (excluding diaryl/α,β-unsaturated/α-hetero) is 1. The number of ether oxygens (including phenoxy) is 2. The van der Waals surface area contributed by atoms with Gasteiger partial charge in [0.2, 0.25) is 11.5 Å². The molecule has 148 valence electrons. The highest BCUT2D eigenvalue weighted by Crippen LogP contribution is 2.33. The summed E-state index contributed by atoms with van der Waals surface area (Å²) in [6.45, 7) is -0.383. The Kier molecular flexibility index (Phi) is 5.94. The summed E-state index contributed by atoms with van der Waals surface area (Å²) < 4.78 is 12.2. The van der Waals surface area contributed by atoms with E-state index in [-0.39, 0.29) is 40.2 Å². The van der Waals surface area contributed by atoms with E-state index in [4.69, 9.17) is 21.1 Å². The van der Waals surface area contributed by atoms with Gasteiger partial charge in [-0.05, 0) is 48.5 Å². The van der Waals surface area contributed by atoms with Gasteiger partial charge in [-0.1, -0.05) is 11.6 Å². The normalized spacial score (nSPS) is 10.4. The Labute approximate surface area is 170 Å². The number of aromatic nitrogens is 1. The number of nitro benzene ring substituents is 1. The molecule has 0 aliphatic heterocycles. The highest BCUT2D eigenvalue weighted by Gasteiger charge is 2.17. The fourth-order valence-corrected chi connectivity index (χ4v) is 2.71. The highest BCUT2D eigenvalue weighted by atomic mass is 35.5. The molecule has 0 fully saturated rings. The number of hydrogen-bond acceptors (Lipinski definition) is 6. The zero-order chi connectivity index (χ0) is 21.0. The number of benzene rings is 2. The minimum atomic E-state index is -0.670. The van der Waals surface area contributed by atoms with Crippen molar-refractivity contribution in [1.82, 2.24) is 4.57 Å². The Hall–Kier alpha value is -3.65. The molecule has 8 nitrogen and oxygen atoms in total. The first kappa shape index (κ1) is 20.1. The molecule has 0 radical (unpaired) electrons. The van der Waals surface area contributed by atoms with Crippen LogP contribution < -0.4 is 4.74 Å². The number of hydrogen-bond donors (Lipinski definition) is 0. The van der Waals surface area contributed by atoms with Crippen molar-refractivity contribution in [1.29, 1.82) is 0 Å². The van der Waals surface area contributed by atoms with Crippen molar-refractivity contribution in [3.05, 3.63) is 87.2 Å². The predicted octanol–water partition coefficient (Wildman–Crippen LogP) is 4.42. The Bertz CT molecular complexity index is 1070. The summed E-state index contributed by atoms with van der Waals surface area (Å²) in [5, 5.41) is 11.3. The molecule has 3 aromatic rings. The van der Waals surface area contributed by atoms with Crippen LogP contribution in [0.2, 0.25) is 5.02 Å². The largest absolute Gasteiger partial charge is 0.454 e. The van der Waals surface area contributed by atoms with Crippen LogP contribution in [0.25, 0.3) is 0 Å². The number of esters is 1. The van der Waals surface area contributed by atoms with E-state index < -0.39 is 10.9 Å². The molecule has 0 aliphatic rings. The van der Waals surface area contributed by atoms with Crippen LogP contribution in [0.4, 0.5) is 5.69 Å². The van der Waals surface area contributed by atoms with Crippen molar-refractivity contribution in [3.63, 3.8) is 0 Å². The summed E-state index contributed by atoms with van der Waals surface area (Å²) in [6.07, 6.45) is 1.72. The van der Waals surface area contributed by atoms with Crippen LogP contribution in [0.3, 0.4) is 0 Å². The molecule has 9 heteroatoms. The van der Waals surface area contributed by atoms with Gasteiger partial charge in [-0.25, -0.2) is 4.79 Å². The Balaban J connectivity index is 1.64. The van der Waals surface area contributed by atoms with E-state index in [0.29, 0.717) is 5.69 Å². The maximum absolute atomic E-state index is 12.1. The van der Waals surface area contributed by atoms with Gasteiger partial charge in [0.25, 0.3) is 0 Å². The second kappa shape index (κ2) is 8.57. The quantitative estimate of drug-likeness (QED) is 0.245. The molecule has 0 N–H and O–H groups in total. The van der Waals surface area contributed by atoms with E-state index in [1.165, 1.54) is 42.5 Å². The summed E-state index contributed by atoms with van der Waals surface area (Å²) in [7, 11) is 1.72.